The van der Waals surface area contributed by atoms with Crippen molar-refractivity contribution in [1.29, 1.82) is 0 Å². The van der Waals surface area contributed by atoms with Crippen LogP contribution in [0.2, 0.25) is 0 Å². The fraction of sp³-hybridized carbons (Fsp3) is 0.500. The third-order valence-electron chi connectivity index (χ3n) is 3.02. The fourth-order valence-electron chi connectivity index (χ4n) is 2.07. The molecule has 1 fully saturated rings. The number of hydrogen-bond donors (Lipinski definition) is 2. The molecule has 2 rings (SSSR count). The molecule has 0 amide bonds. The van der Waals surface area contributed by atoms with Crippen molar-refractivity contribution < 1.29 is 34.1 Å². The number of epoxide rings is 1. The number of carbonyl (C=O) groups excluding carboxylic acids is 2. The van der Waals surface area contributed by atoms with Crippen LogP contribution in [0.3, 0.4) is 0 Å². The summed E-state index contributed by atoms with van der Waals surface area (Å²) >= 11 is 0. The van der Waals surface area contributed by atoms with Crippen molar-refractivity contribution in [3.05, 3.63) is 11.3 Å². The molecule has 0 radical (unpaired) electrons. The van der Waals surface area contributed by atoms with Crippen LogP contribution in [0.15, 0.2) is 11.3 Å². The average molecular weight is 242 g/mol. The van der Waals surface area contributed by atoms with Crippen molar-refractivity contribution in [2.45, 2.75) is 24.7 Å². The number of aliphatic hydroxyl groups excluding tert-OH is 1. The van der Waals surface area contributed by atoms with E-state index >= 15 is 0 Å². The Morgan fingerprint density at radius 1 is 1.53 bits per heavy atom. The third-order valence-corrected chi connectivity index (χ3v) is 3.02. The summed E-state index contributed by atoms with van der Waals surface area (Å²) < 4.78 is 9.63. The Bertz CT molecular complexity index is 463. The second kappa shape index (κ2) is 3.38. The quantitative estimate of drug-likeness (QED) is 0.623. The van der Waals surface area contributed by atoms with Crippen LogP contribution in [0.4, 0.5) is 0 Å². The van der Waals surface area contributed by atoms with Gasteiger partial charge in [0.2, 0.25) is 17.2 Å². The van der Waals surface area contributed by atoms with Gasteiger partial charge >= 0.3 is 5.97 Å². The van der Waals surface area contributed by atoms with E-state index < -0.39 is 41.1 Å². The normalized spacial score (nSPS) is 33.4. The van der Waals surface area contributed by atoms with Gasteiger partial charge in [-0.2, -0.15) is 0 Å². The highest BCUT2D eigenvalue weighted by atomic mass is 16.7. The van der Waals surface area contributed by atoms with Gasteiger partial charge in [0.25, 0.3) is 0 Å². The number of rotatable bonds is 3. The van der Waals surface area contributed by atoms with E-state index in [-0.39, 0.29) is 5.57 Å². The summed E-state index contributed by atoms with van der Waals surface area (Å²) in [5.74, 6) is -3.59. The molecule has 0 saturated carbocycles. The Hall–Kier alpha value is -1.73. The number of ether oxygens (including phenoxy) is 2. The zero-order valence-electron chi connectivity index (χ0n) is 9.09. The lowest BCUT2D eigenvalue weighted by Crippen LogP contribution is -2.50. The van der Waals surface area contributed by atoms with E-state index in [1.807, 2.05) is 0 Å². The molecule has 0 unspecified atom stereocenters. The van der Waals surface area contributed by atoms with Crippen LogP contribution in [0.1, 0.15) is 6.92 Å². The van der Waals surface area contributed by atoms with Crippen molar-refractivity contribution in [2.24, 2.45) is 0 Å². The van der Waals surface area contributed by atoms with Gasteiger partial charge in [-0.1, -0.05) is 0 Å². The monoisotopic (exact) mass is 242 g/mol. The van der Waals surface area contributed by atoms with Crippen LogP contribution in [0.25, 0.3) is 0 Å². The number of Topliss-reactive ketones (excluding diaryl/α,β-unsaturated/α-hetero) is 2. The van der Waals surface area contributed by atoms with Gasteiger partial charge in [0.1, 0.15) is 0 Å². The molecular weight excluding hydrogens is 232 g/mol. The molecule has 0 spiro atoms. The molecule has 1 aliphatic carbocycles. The molecule has 0 aromatic rings. The minimum absolute atomic E-state index is 0.202. The van der Waals surface area contributed by atoms with Crippen LogP contribution in [0, 0.1) is 0 Å². The summed E-state index contributed by atoms with van der Waals surface area (Å²) in [6.07, 6.45) is -2.83. The summed E-state index contributed by atoms with van der Waals surface area (Å²) in [4.78, 5) is 34.4. The first-order valence-corrected chi connectivity index (χ1v) is 4.80. The summed E-state index contributed by atoms with van der Waals surface area (Å²) in [7, 11) is 1.11. The lowest BCUT2D eigenvalue weighted by atomic mass is 9.82. The van der Waals surface area contributed by atoms with Gasteiger partial charge in [0, 0.05) is 12.7 Å². The lowest BCUT2D eigenvalue weighted by Gasteiger charge is -2.21. The second-order valence-corrected chi connectivity index (χ2v) is 3.91. The molecule has 0 aromatic carbocycles. The van der Waals surface area contributed by atoms with Crippen molar-refractivity contribution in [3.63, 3.8) is 0 Å². The number of carbonyl (C=O) groups is 3. The highest BCUT2D eigenvalue weighted by Gasteiger charge is 2.75. The zero-order chi connectivity index (χ0) is 13.0. The minimum atomic E-state index is -1.81. The predicted octanol–water partition coefficient (Wildman–Crippen LogP) is -0.793. The van der Waals surface area contributed by atoms with Gasteiger partial charge in [0.15, 0.2) is 18.0 Å². The van der Waals surface area contributed by atoms with Crippen molar-refractivity contribution in [2.75, 3.05) is 7.11 Å². The summed E-state index contributed by atoms with van der Waals surface area (Å²) in [6, 6.07) is 0. The maximum absolute atomic E-state index is 11.9. The van der Waals surface area contributed by atoms with E-state index in [0.29, 0.717) is 0 Å². The molecule has 2 aliphatic rings. The van der Waals surface area contributed by atoms with Gasteiger partial charge in [-0.25, -0.2) is 4.79 Å². The van der Waals surface area contributed by atoms with Gasteiger partial charge in [-0.05, 0) is 6.92 Å². The van der Waals surface area contributed by atoms with E-state index in [1.54, 1.807) is 0 Å². The Morgan fingerprint density at radius 2 is 2.12 bits per heavy atom. The third kappa shape index (κ3) is 1.26. The largest absolute Gasteiger partial charge is 0.504 e. The van der Waals surface area contributed by atoms with Crippen LogP contribution in [-0.4, -0.2) is 52.7 Å². The van der Waals surface area contributed by atoms with E-state index in [9.17, 15) is 19.5 Å². The van der Waals surface area contributed by atoms with Gasteiger partial charge < -0.3 is 19.7 Å². The zero-order valence-corrected chi connectivity index (χ0v) is 9.09. The van der Waals surface area contributed by atoms with Crippen LogP contribution >= 0.6 is 0 Å². The smallest absolute Gasteiger partial charge is 0.336 e. The first-order valence-electron chi connectivity index (χ1n) is 4.80. The molecule has 7 nitrogen and oxygen atoms in total. The van der Waals surface area contributed by atoms with Crippen molar-refractivity contribution >= 4 is 17.5 Å². The molecule has 17 heavy (non-hydrogen) atoms. The van der Waals surface area contributed by atoms with E-state index in [1.165, 1.54) is 6.92 Å². The molecule has 7 heteroatoms. The number of aliphatic hydroxyl groups is 1. The van der Waals surface area contributed by atoms with E-state index in [4.69, 9.17) is 14.6 Å². The molecule has 2 N–H and O–H groups in total. The lowest BCUT2D eigenvalue weighted by molar-refractivity contribution is -0.156. The van der Waals surface area contributed by atoms with E-state index in [2.05, 4.69) is 0 Å². The topological polar surface area (TPSA) is 113 Å². The number of carboxylic acids is 1. The second-order valence-electron chi connectivity index (χ2n) is 3.91. The molecular formula is C10H10O7. The Kier molecular flexibility index (Phi) is 2.33. The van der Waals surface area contributed by atoms with Gasteiger partial charge in [-0.3, -0.25) is 9.59 Å². The maximum Gasteiger partial charge on any atom is 0.336 e. The van der Waals surface area contributed by atoms with Crippen molar-refractivity contribution in [1.82, 2.24) is 0 Å². The summed E-state index contributed by atoms with van der Waals surface area (Å²) in [6.45, 7) is 1.24. The molecule has 0 aromatic heterocycles. The average Bonchev–Trinajstić information content (AvgIpc) is 3.01. The van der Waals surface area contributed by atoms with Crippen molar-refractivity contribution in [3.8, 4) is 0 Å². The number of fused-ring (bicyclic) bond motifs is 1. The predicted molar refractivity (Wildman–Crippen MR) is 51.4 cm³/mol. The fourth-order valence-corrected chi connectivity index (χ4v) is 2.07. The molecule has 1 aliphatic heterocycles. The molecule has 1 saturated heterocycles. The maximum atomic E-state index is 11.9. The van der Waals surface area contributed by atoms with Gasteiger partial charge in [-0.15, -0.1) is 0 Å². The number of carboxylic acid groups (broad SMARTS) is 1. The standard InChI is InChI=1S/C10H10O7/c1-3-4(11)5(12)7-10(17-7,6(3)13)8(16-2)9(14)15/h7-8,11H,1-2H3,(H,14,15)/t7-,8+,10+/m1/s1. The van der Waals surface area contributed by atoms with Crippen LogP contribution < -0.4 is 0 Å². The minimum Gasteiger partial charge on any atom is -0.504 e. The number of aliphatic carboxylic acids is 1. The highest BCUT2D eigenvalue weighted by Crippen LogP contribution is 2.48. The Balaban J connectivity index is 2.47. The molecule has 3 atom stereocenters. The van der Waals surface area contributed by atoms with Crippen LogP contribution in [-0.2, 0) is 23.9 Å². The molecule has 92 valence electrons. The summed E-state index contributed by atoms with van der Waals surface area (Å²) in [5, 5.41) is 18.3. The van der Waals surface area contributed by atoms with Crippen LogP contribution in [0.5, 0.6) is 0 Å². The Morgan fingerprint density at radius 3 is 2.59 bits per heavy atom. The Labute approximate surface area is 95.6 Å². The number of hydrogen-bond acceptors (Lipinski definition) is 6. The first-order chi connectivity index (χ1) is 7.87. The van der Waals surface area contributed by atoms with Gasteiger partial charge in [0.05, 0.1) is 0 Å². The van der Waals surface area contributed by atoms with E-state index in [0.717, 1.165) is 7.11 Å². The first kappa shape index (κ1) is 11.7. The highest BCUT2D eigenvalue weighted by molar-refractivity contribution is 6.21. The SMILES string of the molecule is CO[C@@H](C(=O)O)[C@@]12O[C@@H]1C(=O)C(O)=C(C)C2=O. The molecule has 0 bridgehead atoms. The number of methoxy groups -OCH3 is 1. The molecule has 1 heterocycles. The number of ketones is 2. The summed E-state index contributed by atoms with van der Waals surface area (Å²) in [5.41, 5.74) is -2.01.